The molecular formula is C19H20FN5O. The number of hydrogen-bond donors (Lipinski definition) is 2. The van der Waals surface area contributed by atoms with Crippen LogP contribution in [0.5, 0.6) is 5.75 Å². The highest BCUT2D eigenvalue weighted by atomic mass is 19.1. The van der Waals surface area contributed by atoms with E-state index in [0.717, 1.165) is 5.82 Å². The fourth-order valence-corrected chi connectivity index (χ4v) is 2.58. The third-order valence-corrected chi connectivity index (χ3v) is 3.90. The monoisotopic (exact) mass is 353 g/mol. The second-order valence-electron chi connectivity index (χ2n) is 5.66. The highest BCUT2D eigenvalue weighted by molar-refractivity contribution is 5.93. The Bertz CT molecular complexity index is 935. The van der Waals surface area contributed by atoms with Crippen LogP contribution in [-0.4, -0.2) is 22.6 Å². The number of aryl methyl sites for hydroxylation is 1. The van der Waals surface area contributed by atoms with E-state index in [1.165, 1.54) is 6.07 Å². The predicted molar refractivity (Wildman–Crippen MR) is 100 cm³/mol. The van der Waals surface area contributed by atoms with E-state index in [-0.39, 0.29) is 18.3 Å². The molecule has 3 N–H and O–H groups in total. The summed E-state index contributed by atoms with van der Waals surface area (Å²) in [6, 6.07) is 12.4. The number of hydrogen-bond acceptors (Lipinski definition) is 3. The first kappa shape index (κ1) is 17.5. The predicted octanol–water partition coefficient (Wildman–Crippen LogP) is 3.26. The number of nitrogens with one attached hydrogen (secondary N) is 1. The summed E-state index contributed by atoms with van der Waals surface area (Å²) in [5.74, 6) is 1.27. The number of aromatic nitrogens is 2. The number of nitrogens with zero attached hydrogens (tertiary/aromatic N) is 3. The van der Waals surface area contributed by atoms with E-state index in [1.54, 1.807) is 30.1 Å². The van der Waals surface area contributed by atoms with Crippen molar-refractivity contribution in [2.45, 2.75) is 13.5 Å². The molecule has 0 aliphatic heterocycles. The number of nitrogens with two attached hydrogens (primary N) is 1. The molecule has 2 aromatic carbocycles. The summed E-state index contributed by atoms with van der Waals surface area (Å²) in [5.41, 5.74) is 7.80. The molecule has 0 unspecified atom stereocenters. The molecule has 1 heterocycles. The molecule has 3 rings (SSSR count). The average Bonchev–Trinajstić information content (AvgIpc) is 3.06. The number of para-hydroxylation sites is 2. The normalized spacial score (nSPS) is 11.4. The molecule has 134 valence electrons. The Kier molecular flexibility index (Phi) is 5.17. The Morgan fingerprint density at radius 2 is 2.12 bits per heavy atom. The van der Waals surface area contributed by atoms with Gasteiger partial charge in [-0.05, 0) is 36.8 Å². The zero-order valence-corrected chi connectivity index (χ0v) is 14.6. The Morgan fingerprint density at radius 1 is 1.31 bits per heavy atom. The summed E-state index contributed by atoms with van der Waals surface area (Å²) in [5, 5.41) is 2.98. The second kappa shape index (κ2) is 7.69. The Hall–Kier alpha value is -3.35. The molecule has 1 aromatic heterocycles. The van der Waals surface area contributed by atoms with Crippen molar-refractivity contribution in [3.8, 4) is 11.4 Å². The van der Waals surface area contributed by atoms with Gasteiger partial charge in [-0.15, -0.1) is 0 Å². The molecule has 0 saturated heterocycles. The van der Waals surface area contributed by atoms with Gasteiger partial charge in [0.1, 0.15) is 17.4 Å². The van der Waals surface area contributed by atoms with Gasteiger partial charge in [0.2, 0.25) is 0 Å². The van der Waals surface area contributed by atoms with Crippen molar-refractivity contribution in [2.75, 3.05) is 12.4 Å². The molecule has 26 heavy (non-hydrogen) atoms. The largest absolute Gasteiger partial charge is 0.495 e. The molecule has 0 radical (unpaired) electrons. The second-order valence-corrected chi connectivity index (χ2v) is 5.66. The highest BCUT2D eigenvalue weighted by Crippen LogP contribution is 2.22. The molecule has 0 aliphatic carbocycles. The first-order chi connectivity index (χ1) is 12.6. The SMILES string of the molecule is COc1ccccc1NC(N)=NCc1ccc(-n2ccnc2C)c(F)c1. The molecule has 0 saturated carbocycles. The molecule has 3 aromatic rings. The maximum absolute atomic E-state index is 14.4. The molecule has 0 bridgehead atoms. The van der Waals surface area contributed by atoms with Gasteiger partial charge < -0.3 is 20.4 Å². The van der Waals surface area contributed by atoms with E-state index in [9.17, 15) is 4.39 Å². The van der Waals surface area contributed by atoms with E-state index in [0.29, 0.717) is 22.7 Å². The molecular weight excluding hydrogens is 333 g/mol. The lowest BCUT2D eigenvalue weighted by Crippen LogP contribution is -2.22. The van der Waals surface area contributed by atoms with Crippen LogP contribution in [0.15, 0.2) is 59.9 Å². The Labute approximate surface area is 151 Å². The van der Waals surface area contributed by atoms with Gasteiger partial charge in [-0.2, -0.15) is 0 Å². The van der Waals surface area contributed by atoms with Crippen molar-refractivity contribution < 1.29 is 9.13 Å². The molecule has 0 spiro atoms. The van der Waals surface area contributed by atoms with Gasteiger partial charge in [0.05, 0.1) is 25.0 Å². The topological polar surface area (TPSA) is 77.5 Å². The van der Waals surface area contributed by atoms with Crippen LogP contribution in [0.25, 0.3) is 5.69 Å². The number of aliphatic imine (C=N–C) groups is 1. The van der Waals surface area contributed by atoms with Crippen LogP contribution >= 0.6 is 0 Å². The fourth-order valence-electron chi connectivity index (χ4n) is 2.58. The van der Waals surface area contributed by atoms with Gasteiger partial charge in [-0.25, -0.2) is 14.4 Å². The van der Waals surface area contributed by atoms with Crippen LogP contribution < -0.4 is 15.8 Å². The highest BCUT2D eigenvalue weighted by Gasteiger charge is 2.08. The summed E-state index contributed by atoms with van der Waals surface area (Å²) in [6.45, 7) is 2.08. The van der Waals surface area contributed by atoms with Crippen molar-refractivity contribution in [2.24, 2.45) is 10.7 Å². The zero-order chi connectivity index (χ0) is 18.5. The van der Waals surface area contributed by atoms with Gasteiger partial charge in [0.15, 0.2) is 5.96 Å². The van der Waals surface area contributed by atoms with E-state index in [1.807, 2.05) is 37.3 Å². The summed E-state index contributed by atoms with van der Waals surface area (Å²) in [6.07, 6.45) is 3.36. The lowest BCUT2D eigenvalue weighted by atomic mass is 10.2. The Morgan fingerprint density at radius 3 is 2.81 bits per heavy atom. The van der Waals surface area contributed by atoms with Gasteiger partial charge in [0, 0.05) is 12.4 Å². The fraction of sp³-hybridized carbons (Fsp3) is 0.158. The minimum atomic E-state index is -0.338. The number of ether oxygens (including phenoxy) is 1. The lowest BCUT2D eigenvalue weighted by molar-refractivity contribution is 0.417. The average molecular weight is 353 g/mol. The van der Waals surface area contributed by atoms with Crippen molar-refractivity contribution >= 4 is 11.6 Å². The summed E-state index contributed by atoms with van der Waals surface area (Å²) >= 11 is 0. The molecule has 0 aliphatic rings. The van der Waals surface area contributed by atoms with Crippen LogP contribution in [0.1, 0.15) is 11.4 Å². The van der Waals surface area contributed by atoms with Gasteiger partial charge in [-0.3, -0.25) is 0 Å². The molecule has 0 amide bonds. The maximum atomic E-state index is 14.4. The van der Waals surface area contributed by atoms with Crippen molar-refractivity contribution in [3.63, 3.8) is 0 Å². The third-order valence-electron chi connectivity index (χ3n) is 3.90. The molecule has 7 heteroatoms. The van der Waals surface area contributed by atoms with Crippen molar-refractivity contribution in [1.82, 2.24) is 9.55 Å². The van der Waals surface area contributed by atoms with Crippen LogP contribution in [-0.2, 0) is 6.54 Å². The van der Waals surface area contributed by atoms with Crippen molar-refractivity contribution in [3.05, 3.63) is 72.1 Å². The summed E-state index contributed by atoms with van der Waals surface area (Å²) < 4.78 is 21.4. The maximum Gasteiger partial charge on any atom is 0.193 e. The smallest absolute Gasteiger partial charge is 0.193 e. The number of benzene rings is 2. The zero-order valence-electron chi connectivity index (χ0n) is 14.6. The van der Waals surface area contributed by atoms with Gasteiger partial charge in [-0.1, -0.05) is 18.2 Å². The third kappa shape index (κ3) is 3.83. The van der Waals surface area contributed by atoms with Gasteiger partial charge >= 0.3 is 0 Å². The summed E-state index contributed by atoms with van der Waals surface area (Å²) in [4.78, 5) is 8.37. The minimum Gasteiger partial charge on any atom is -0.495 e. The van der Waals surface area contributed by atoms with Crippen LogP contribution in [0.3, 0.4) is 0 Å². The van der Waals surface area contributed by atoms with Crippen molar-refractivity contribution in [1.29, 1.82) is 0 Å². The number of guanidine groups is 1. The first-order valence-corrected chi connectivity index (χ1v) is 8.07. The number of imidazole rings is 1. The van der Waals surface area contributed by atoms with E-state index in [4.69, 9.17) is 10.5 Å². The number of anilines is 1. The van der Waals surface area contributed by atoms with E-state index >= 15 is 0 Å². The minimum absolute atomic E-state index is 0.226. The van der Waals surface area contributed by atoms with Crippen LogP contribution in [0.2, 0.25) is 0 Å². The van der Waals surface area contributed by atoms with Gasteiger partial charge in [0.25, 0.3) is 0 Å². The van der Waals surface area contributed by atoms with Crippen LogP contribution in [0.4, 0.5) is 10.1 Å². The quantitative estimate of drug-likeness (QED) is 0.545. The number of methoxy groups -OCH3 is 1. The molecule has 0 atom stereocenters. The molecule has 0 fully saturated rings. The standard InChI is InChI=1S/C19H20FN5O/c1-13-22-9-10-25(13)17-8-7-14(11-15(17)20)12-23-19(21)24-16-5-3-4-6-18(16)26-2/h3-11H,12H2,1-2H3,(H3,21,23,24). The van der Waals surface area contributed by atoms with E-state index in [2.05, 4.69) is 15.3 Å². The summed E-state index contributed by atoms with van der Waals surface area (Å²) in [7, 11) is 1.58. The molecule has 6 nitrogen and oxygen atoms in total. The number of rotatable bonds is 5. The Balaban J connectivity index is 1.72. The van der Waals surface area contributed by atoms with Crippen LogP contribution in [0, 0.1) is 12.7 Å². The first-order valence-electron chi connectivity index (χ1n) is 8.07. The number of halogens is 1. The van der Waals surface area contributed by atoms with E-state index < -0.39 is 0 Å². The lowest BCUT2D eigenvalue weighted by Gasteiger charge is -2.10.